The number of ether oxygens (including phenoxy) is 2. The first-order valence-corrected chi connectivity index (χ1v) is 6.98. The van der Waals surface area contributed by atoms with Crippen molar-refractivity contribution in [1.82, 2.24) is 4.98 Å². The second kappa shape index (κ2) is 8.05. The fourth-order valence-corrected chi connectivity index (χ4v) is 2.18. The number of anilines is 1. The second-order valence-electron chi connectivity index (χ2n) is 3.83. The normalized spacial score (nSPS) is 12.2. The Balaban J connectivity index is 2.40. The molecule has 102 valence electrons. The Kier molecular flexibility index (Phi) is 6.67. The first-order chi connectivity index (χ1) is 8.65. The van der Waals surface area contributed by atoms with Crippen LogP contribution in [-0.2, 0) is 20.7 Å². The molecule has 0 aliphatic rings. The summed E-state index contributed by atoms with van der Waals surface area (Å²) in [7, 11) is 0. The average molecular weight is 272 g/mol. The molecule has 18 heavy (non-hydrogen) atoms. The van der Waals surface area contributed by atoms with Crippen LogP contribution in [0.3, 0.4) is 0 Å². The number of nitrogens with zero attached hydrogens (tertiary/aromatic N) is 1. The molecule has 1 atom stereocenters. The lowest BCUT2D eigenvalue weighted by Crippen LogP contribution is -2.21. The van der Waals surface area contributed by atoms with Crippen molar-refractivity contribution >= 4 is 22.4 Å². The minimum absolute atomic E-state index is 0.201. The summed E-state index contributed by atoms with van der Waals surface area (Å²) in [6, 6.07) is 0.201. The predicted octanol–water partition coefficient (Wildman–Crippen LogP) is 2.09. The van der Waals surface area contributed by atoms with Crippen LogP contribution in [0.1, 0.15) is 26.5 Å². The topological polar surface area (TPSA) is 60.5 Å². The zero-order valence-corrected chi connectivity index (χ0v) is 11.9. The van der Waals surface area contributed by atoms with Gasteiger partial charge in [0.05, 0.1) is 25.3 Å². The number of carbonyl (C=O) groups is 1. The fourth-order valence-electron chi connectivity index (χ4n) is 1.36. The summed E-state index contributed by atoms with van der Waals surface area (Å²) in [6.45, 7) is 7.54. The van der Waals surface area contributed by atoms with Gasteiger partial charge in [0.25, 0.3) is 0 Å². The van der Waals surface area contributed by atoms with E-state index in [-0.39, 0.29) is 18.4 Å². The third-order valence-electron chi connectivity index (χ3n) is 2.12. The van der Waals surface area contributed by atoms with E-state index in [1.807, 2.05) is 19.2 Å². The molecule has 1 rings (SSSR count). The van der Waals surface area contributed by atoms with Crippen molar-refractivity contribution in [3.8, 4) is 0 Å². The lowest BCUT2D eigenvalue weighted by Gasteiger charge is -2.11. The van der Waals surface area contributed by atoms with Crippen LogP contribution < -0.4 is 5.32 Å². The predicted molar refractivity (Wildman–Crippen MR) is 72.0 cm³/mol. The standard InChI is InChI=1S/C12H20N2O3S/c1-4-16-7-9(3)13-12-14-10(8-18-12)6-11(15)17-5-2/h8-9H,4-7H2,1-3H3,(H,13,14). The molecule has 0 amide bonds. The van der Waals surface area contributed by atoms with Gasteiger partial charge in [-0.25, -0.2) is 4.98 Å². The highest BCUT2D eigenvalue weighted by Gasteiger charge is 2.09. The van der Waals surface area contributed by atoms with Gasteiger partial charge in [-0.15, -0.1) is 11.3 Å². The van der Waals surface area contributed by atoms with Crippen molar-refractivity contribution in [2.45, 2.75) is 33.2 Å². The van der Waals surface area contributed by atoms with Gasteiger partial charge >= 0.3 is 5.97 Å². The Morgan fingerprint density at radius 1 is 1.50 bits per heavy atom. The molecule has 0 aromatic carbocycles. The minimum atomic E-state index is -0.239. The van der Waals surface area contributed by atoms with E-state index in [1.54, 1.807) is 6.92 Å². The van der Waals surface area contributed by atoms with Crippen LogP contribution in [0.5, 0.6) is 0 Å². The highest BCUT2D eigenvalue weighted by atomic mass is 32.1. The molecular weight excluding hydrogens is 252 g/mol. The Labute approximate surface area is 112 Å². The second-order valence-corrected chi connectivity index (χ2v) is 4.69. The summed E-state index contributed by atoms with van der Waals surface area (Å²) in [5.41, 5.74) is 0.740. The Morgan fingerprint density at radius 3 is 2.94 bits per heavy atom. The molecule has 6 heteroatoms. The summed E-state index contributed by atoms with van der Waals surface area (Å²) in [5, 5.41) is 5.91. The van der Waals surface area contributed by atoms with E-state index < -0.39 is 0 Å². The highest BCUT2D eigenvalue weighted by molar-refractivity contribution is 7.13. The van der Waals surface area contributed by atoms with E-state index >= 15 is 0 Å². The quantitative estimate of drug-likeness (QED) is 0.734. The molecule has 0 saturated carbocycles. The SMILES string of the molecule is CCOCC(C)Nc1nc(CC(=O)OCC)cs1. The lowest BCUT2D eigenvalue weighted by atomic mass is 10.3. The Morgan fingerprint density at radius 2 is 2.28 bits per heavy atom. The molecule has 1 heterocycles. The van der Waals surface area contributed by atoms with Gasteiger partial charge in [-0.2, -0.15) is 0 Å². The highest BCUT2D eigenvalue weighted by Crippen LogP contribution is 2.17. The van der Waals surface area contributed by atoms with Crippen molar-refractivity contribution in [3.63, 3.8) is 0 Å². The van der Waals surface area contributed by atoms with Crippen LogP contribution >= 0.6 is 11.3 Å². The average Bonchev–Trinajstić information content (AvgIpc) is 2.74. The summed E-state index contributed by atoms with van der Waals surface area (Å²) in [5.74, 6) is -0.239. The van der Waals surface area contributed by atoms with Gasteiger partial charge in [0.1, 0.15) is 0 Å². The van der Waals surface area contributed by atoms with Gasteiger partial charge < -0.3 is 14.8 Å². The smallest absolute Gasteiger partial charge is 0.311 e. The van der Waals surface area contributed by atoms with Crippen molar-refractivity contribution in [3.05, 3.63) is 11.1 Å². The van der Waals surface area contributed by atoms with E-state index in [4.69, 9.17) is 9.47 Å². The van der Waals surface area contributed by atoms with Gasteiger partial charge in [0.2, 0.25) is 0 Å². The third-order valence-corrected chi connectivity index (χ3v) is 2.95. The molecule has 0 aliphatic carbocycles. The van der Waals surface area contributed by atoms with Gasteiger partial charge in [-0.1, -0.05) is 0 Å². The summed E-state index contributed by atoms with van der Waals surface area (Å²) < 4.78 is 10.2. The maximum atomic E-state index is 11.3. The summed E-state index contributed by atoms with van der Waals surface area (Å²) >= 11 is 1.49. The van der Waals surface area contributed by atoms with Crippen LogP contribution in [0, 0.1) is 0 Å². The van der Waals surface area contributed by atoms with Crippen molar-refractivity contribution in [1.29, 1.82) is 0 Å². The lowest BCUT2D eigenvalue weighted by molar-refractivity contribution is -0.142. The van der Waals surface area contributed by atoms with Gasteiger partial charge in [0, 0.05) is 18.0 Å². The van der Waals surface area contributed by atoms with Crippen LogP contribution in [0.15, 0.2) is 5.38 Å². The largest absolute Gasteiger partial charge is 0.466 e. The van der Waals surface area contributed by atoms with Gasteiger partial charge in [0.15, 0.2) is 5.13 Å². The molecule has 1 N–H and O–H groups in total. The van der Waals surface area contributed by atoms with E-state index in [1.165, 1.54) is 11.3 Å². The molecule has 0 bridgehead atoms. The number of rotatable bonds is 8. The van der Waals surface area contributed by atoms with E-state index in [2.05, 4.69) is 10.3 Å². The first kappa shape index (κ1) is 14.9. The zero-order valence-electron chi connectivity index (χ0n) is 11.1. The molecule has 1 unspecified atom stereocenters. The molecule has 0 spiro atoms. The Bertz CT molecular complexity index is 368. The number of esters is 1. The van der Waals surface area contributed by atoms with E-state index in [0.29, 0.717) is 19.8 Å². The summed E-state index contributed by atoms with van der Waals surface area (Å²) in [4.78, 5) is 15.6. The monoisotopic (exact) mass is 272 g/mol. The molecule has 0 saturated heterocycles. The van der Waals surface area contributed by atoms with E-state index in [0.717, 1.165) is 10.8 Å². The van der Waals surface area contributed by atoms with Gasteiger partial charge in [-0.05, 0) is 20.8 Å². The Hall–Kier alpha value is -1.14. The summed E-state index contributed by atoms with van der Waals surface area (Å²) in [6.07, 6.45) is 0.228. The number of carbonyl (C=O) groups excluding carboxylic acids is 1. The van der Waals surface area contributed by atoms with Crippen LogP contribution in [0.2, 0.25) is 0 Å². The van der Waals surface area contributed by atoms with Crippen LogP contribution in [-0.4, -0.2) is 36.8 Å². The maximum Gasteiger partial charge on any atom is 0.311 e. The fraction of sp³-hybridized carbons (Fsp3) is 0.667. The zero-order chi connectivity index (χ0) is 13.4. The number of thiazole rings is 1. The molecular formula is C12H20N2O3S. The van der Waals surface area contributed by atoms with Crippen LogP contribution in [0.4, 0.5) is 5.13 Å². The van der Waals surface area contributed by atoms with Crippen molar-refractivity contribution < 1.29 is 14.3 Å². The van der Waals surface area contributed by atoms with Crippen LogP contribution in [0.25, 0.3) is 0 Å². The molecule has 1 aromatic heterocycles. The molecule has 1 aromatic rings. The third kappa shape index (κ3) is 5.46. The molecule has 0 radical (unpaired) electrons. The number of aromatic nitrogens is 1. The van der Waals surface area contributed by atoms with E-state index in [9.17, 15) is 4.79 Å². The first-order valence-electron chi connectivity index (χ1n) is 6.10. The molecule has 0 fully saturated rings. The van der Waals surface area contributed by atoms with Crippen molar-refractivity contribution in [2.75, 3.05) is 25.1 Å². The number of hydrogen-bond donors (Lipinski definition) is 1. The maximum absolute atomic E-state index is 11.3. The number of nitrogens with one attached hydrogen (secondary N) is 1. The molecule has 5 nitrogen and oxygen atoms in total. The minimum Gasteiger partial charge on any atom is -0.466 e. The molecule has 0 aliphatic heterocycles. The number of hydrogen-bond acceptors (Lipinski definition) is 6. The van der Waals surface area contributed by atoms with Gasteiger partial charge in [-0.3, -0.25) is 4.79 Å². The van der Waals surface area contributed by atoms with Crippen molar-refractivity contribution in [2.24, 2.45) is 0 Å².